The van der Waals surface area contributed by atoms with Gasteiger partial charge in [-0.2, -0.15) is 0 Å². The number of carbonyl (C=O) groups is 1. The molecule has 0 bridgehead atoms. The van der Waals surface area contributed by atoms with Crippen molar-refractivity contribution < 1.29 is 14.3 Å². The van der Waals surface area contributed by atoms with Gasteiger partial charge in [-0.3, -0.25) is 4.79 Å². The molecule has 110 valence electrons. The number of carbonyl (C=O) groups excluding carboxylic acids is 1. The summed E-state index contributed by atoms with van der Waals surface area (Å²) in [6, 6.07) is 3.72. The zero-order valence-electron chi connectivity index (χ0n) is 12.1. The number of nitrogens with zero attached hydrogens (tertiary/aromatic N) is 1. The van der Waals surface area contributed by atoms with Crippen LogP contribution in [0.4, 0.5) is 0 Å². The number of hydrogen-bond donors (Lipinski definition) is 0. The third-order valence-electron chi connectivity index (χ3n) is 3.39. The van der Waals surface area contributed by atoms with E-state index in [1.54, 1.807) is 11.8 Å². The maximum atomic E-state index is 12.3. The number of amides is 1. The zero-order chi connectivity index (χ0) is 14.7. The monoisotopic (exact) mass is 297 g/mol. The molecular weight excluding hydrogens is 278 g/mol. The summed E-state index contributed by atoms with van der Waals surface area (Å²) in [5.41, 5.74) is 1.90. The maximum absolute atomic E-state index is 12.3. The minimum absolute atomic E-state index is 0.00134. The summed E-state index contributed by atoms with van der Waals surface area (Å²) in [6.07, 6.45) is -0.506. The van der Waals surface area contributed by atoms with Crippen LogP contribution in [0.3, 0.4) is 0 Å². The molecular formula is C15H20ClNO3. The molecule has 1 aliphatic heterocycles. The van der Waals surface area contributed by atoms with E-state index in [-0.39, 0.29) is 5.91 Å². The van der Waals surface area contributed by atoms with Gasteiger partial charge in [0.2, 0.25) is 0 Å². The lowest BCUT2D eigenvalue weighted by molar-refractivity contribution is -0.142. The molecule has 1 aliphatic rings. The van der Waals surface area contributed by atoms with Crippen LogP contribution in [0.5, 0.6) is 5.75 Å². The largest absolute Gasteiger partial charge is 0.481 e. The van der Waals surface area contributed by atoms with Gasteiger partial charge in [0.25, 0.3) is 5.91 Å². The minimum Gasteiger partial charge on any atom is -0.481 e. The fraction of sp³-hybridized carbons (Fsp3) is 0.533. The predicted octanol–water partition coefficient (Wildman–Crippen LogP) is 2.58. The zero-order valence-corrected chi connectivity index (χ0v) is 12.9. The van der Waals surface area contributed by atoms with E-state index in [0.29, 0.717) is 32.1 Å². The van der Waals surface area contributed by atoms with Crippen molar-refractivity contribution in [1.82, 2.24) is 4.90 Å². The molecule has 1 atom stereocenters. The van der Waals surface area contributed by atoms with Crippen LogP contribution in [-0.4, -0.2) is 43.2 Å². The van der Waals surface area contributed by atoms with Crippen molar-refractivity contribution in [3.8, 4) is 5.75 Å². The first-order valence-electron chi connectivity index (χ1n) is 6.79. The lowest BCUT2D eigenvalue weighted by Crippen LogP contribution is -2.46. The maximum Gasteiger partial charge on any atom is 0.263 e. The van der Waals surface area contributed by atoms with Crippen molar-refractivity contribution >= 4 is 17.5 Å². The number of hydrogen-bond acceptors (Lipinski definition) is 3. The second kappa shape index (κ2) is 6.46. The smallest absolute Gasteiger partial charge is 0.263 e. The van der Waals surface area contributed by atoms with E-state index in [4.69, 9.17) is 21.1 Å². The van der Waals surface area contributed by atoms with Gasteiger partial charge >= 0.3 is 0 Å². The SMILES string of the molecule is Cc1cc(O[C@@H](C)C(=O)N2CCOCC2)cc(C)c1Cl. The van der Waals surface area contributed by atoms with Gasteiger partial charge < -0.3 is 14.4 Å². The Morgan fingerprint density at radius 3 is 2.40 bits per heavy atom. The number of halogens is 1. The molecule has 1 saturated heterocycles. The van der Waals surface area contributed by atoms with Gasteiger partial charge in [0, 0.05) is 18.1 Å². The van der Waals surface area contributed by atoms with E-state index in [1.807, 2.05) is 26.0 Å². The first-order chi connectivity index (χ1) is 9.49. The summed E-state index contributed by atoms with van der Waals surface area (Å²) in [4.78, 5) is 14.0. The highest BCUT2D eigenvalue weighted by Crippen LogP contribution is 2.26. The van der Waals surface area contributed by atoms with Crippen LogP contribution >= 0.6 is 11.6 Å². The van der Waals surface area contributed by atoms with Crippen molar-refractivity contribution in [1.29, 1.82) is 0 Å². The first kappa shape index (κ1) is 15.1. The first-order valence-corrected chi connectivity index (χ1v) is 7.17. The molecule has 0 saturated carbocycles. The summed E-state index contributed by atoms with van der Waals surface area (Å²) in [6.45, 7) is 8.08. The lowest BCUT2D eigenvalue weighted by atomic mass is 10.1. The van der Waals surface area contributed by atoms with Crippen LogP contribution in [0.1, 0.15) is 18.1 Å². The number of aryl methyl sites for hydroxylation is 2. The highest BCUT2D eigenvalue weighted by molar-refractivity contribution is 6.32. The second-order valence-electron chi connectivity index (χ2n) is 5.07. The van der Waals surface area contributed by atoms with Crippen molar-refractivity contribution in [3.63, 3.8) is 0 Å². The quantitative estimate of drug-likeness (QED) is 0.861. The molecule has 1 aromatic rings. The summed E-state index contributed by atoms with van der Waals surface area (Å²) in [7, 11) is 0. The topological polar surface area (TPSA) is 38.8 Å². The fourth-order valence-corrected chi connectivity index (χ4v) is 2.38. The van der Waals surface area contributed by atoms with Gasteiger partial charge in [0.1, 0.15) is 5.75 Å². The van der Waals surface area contributed by atoms with Crippen LogP contribution in [0.15, 0.2) is 12.1 Å². The number of rotatable bonds is 3. The van der Waals surface area contributed by atoms with E-state index in [1.165, 1.54) is 0 Å². The van der Waals surface area contributed by atoms with Crippen molar-refractivity contribution in [2.45, 2.75) is 26.9 Å². The normalized spacial score (nSPS) is 16.9. The Kier molecular flexibility index (Phi) is 4.89. The Balaban J connectivity index is 2.03. The third kappa shape index (κ3) is 3.44. The molecule has 4 nitrogen and oxygen atoms in total. The van der Waals surface area contributed by atoms with Gasteiger partial charge in [-0.05, 0) is 44.0 Å². The van der Waals surface area contributed by atoms with Crippen molar-refractivity contribution in [2.75, 3.05) is 26.3 Å². The number of morpholine rings is 1. The molecule has 0 aliphatic carbocycles. The van der Waals surface area contributed by atoms with E-state index in [9.17, 15) is 4.79 Å². The van der Waals surface area contributed by atoms with E-state index >= 15 is 0 Å². The van der Waals surface area contributed by atoms with Crippen LogP contribution in [-0.2, 0) is 9.53 Å². The highest BCUT2D eigenvalue weighted by Gasteiger charge is 2.23. The molecule has 1 amide bonds. The molecule has 5 heteroatoms. The predicted molar refractivity (Wildman–Crippen MR) is 78.4 cm³/mol. The molecule has 0 N–H and O–H groups in total. The van der Waals surface area contributed by atoms with E-state index < -0.39 is 6.10 Å². The average Bonchev–Trinajstić information content (AvgIpc) is 2.44. The molecule has 1 fully saturated rings. The van der Waals surface area contributed by atoms with E-state index in [0.717, 1.165) is 16.1 Å². The summed E-state index contributed by atoms with van der Waals surface area (Å²) in [5.74, 6) is 0.678. The molecule has 0 spiro atoms. The molecule has 2 rings (SSSR count). The number of ether oxygens (including phenoxy) is 2. The summed E-state index contributed by atoms with van der Waals surface area (Å²) < 4.78 is 11.0. The lowest BCUT2D eigenvalue weighted by Gasteiger charge is -2.29. The average molecular weight is 298 g/mol. The van der Waals surface area contributed by atoms with Crippen LogP contribution in [0.2, 0.25) is 5.02 Å². The van der Waals surface area contributed by atoms with Crippen LogP contribution in [0.25, 0.3) is 0 Å². The number of benzene rings is 1. The Hall–Kier alpha value is -1.26. The molecule has 1 aromatic carbocycles. The third-order valence-corrected chi connectivity index (χ3v) is 3.99. The van der Waals surface area contributed by atoms with Gasteiger partial charge in [-0.15, -0.1) is 0 Å². The molecule has 20 heavy (non-hydrogen) atoms. The Labute approximate surface area is 124 Å². The summed E-state index contributed by atoms with van der Waals surface area (Å²) >= 11 is 6.13. The van der Waals surface area contributed by atoms with Gasteiger partial charge in [-0.25, -0.2) is 0 Å². The van der Waals surface area contributed by atoms with E-state index in [2.05, 4.69) is 0 Å². The molecule has 0 aromatic heterocycles. The van der Waals surface area contributed by atoms with Gasteiger partial charge in [0.05, 0.1) is 13.2 Å². The highest BCUT2D eigenvalue weighted by atomic mass is 35.5. The Bertz CT molecular complexity index is 475. The second-order valence-corrected chi connectivity index (χ2v) is 5.45. The van der Waals surface area contributed by atoms with Crippen LogP contribution in [0, 0.1) is 13.8 Å². The minimum atomic E-state index is -0.506. The van der Waals surface area contributed by atoms with Crippen molar-refractivity contribution in [3.05, 3.63) is 28.3 Å². The fourth-order valence-electron chi connectivity index (χ4n) is 2.27. The van der Waals surface area contributed by atoms with Crippen LogP contribution < -0.4 is 4.74 Å². The molecule has 0 radical (unpaired) electrons. The molecule has 0 unspecified atom stereocenters. The standard InChI is InChI=1S/C15H20ClNO3/c1-10-8-13(9-11(2)14(10)16)20-12(3)15(18)17-4-6-19-7-5-17/h8-9,12H,4-7H2,1-3H3/t12-/m0/s1. The Morgan fingerprint density at radius 2 is 1.85 bits per heavy atom. The van der Waals surface area contributed by atoms with Gasteiger partial charge in [0.15, 0.2) is 6.10 Å². The Morgan fingerprint density at radius 1 is 1.30 bits per heavy atom. The van der Waals surface area contributed by atoms with Gasteiger partial charge in [-0.1, -0.05) is 11.6 Å². The summed E-state index contributed by atoms with van der Waals surface area (Å²) in [5, 5.41) is 0.740. The van der Waals surface area contributed by atoms with Crippen molar-refractivity contribution in [2.24, 2.45) is 0 Å². The molecule has 1 heterocycles.